The molecule has 134 valence electrons. The molecule has 25 heavy (non-hydrogen) atoms. The van der Waals surface area contributed by atoms with Gasteiger partial charge in [0.15, 0.2) is 11.5 Å². The van der Waals surface area contributed by atoms with Crippen LogP contribution >= 0.6 is 0 Å². The molecule has 0 saturated carbocycles. The van der Waals surface area contributed by atoms with E-state index in [2.05, 4.69) is 0 Å². The van der Waals surface area contributed by atoms with E-state index in [-0.39, 0.29) is 22.1 Å². The number of rotatable bonds is 6. The van der Waals surface area contributed by atoms with Crippen LogP contribution in [0.25, 0.3) is 0 Å². The summed E-state index contributed by atoms with van der Waals surface area (Å²) in [5, 5.41) is 11.4. The van der Waals surface area contributed by atoms with Crippen molar-refractivity contribution in [1.82, 2.24) is 0 Å². The standard InChI is InChI=1S/C16H18N2O6S/c1-11-5-7-12(8-6-11)25(21,22)17(2)13-9-15(23-3)16(24-4)10-14(13)18(19)20/h5-10H,1-4H3. The van der Waals surface area contributed by atoms with Crippen LogP contribution in [0.1, 0.15) is 5.56 Å². The fourth-order valence-electron chi connectivity index (χ4n) is 2.25. The van der Waals surface area contributed by atoms with E-state index in [0.29, 0.717) is 0 Å². The molecule has 0 aliphatic heterocycles. The van der Waals surface area contributed by atoms with Crippen molar-refractivity contribution in [2.75, 3.05) is 25.6 Å². The molecule has 0 atom stereocenters. The highest BCUT2D eigenvalue weighted by Gasteiger charge is 2.29. The van der Waals surface area contributed by atoms with Gasteiger partial charge in [0.1, 0.15) is 5.69 Å². The minimum absolute atomic E-state index is 0.0321. The number of methoxy groups -OCH3 is 2. The fourth-order valence-corrected chi connectivity index (χ4v) is 3.46. The van der Waals surface area contributed by atoms with Gasteiger partial charge in [0.05, 0.1) is 30.1 Å². The zero-order valence-corrected chi connectivity index (χ0v) is 15.0. The van der Waals surface area contributed by atoms with Gasteiger partial charge in [-0.15, -0.1) is 0 Å². The lowest BCUT2D eigenvalue weighted by atomic mass is 10.2. The van der Waals surface area contributed by atoms with Crippen LogP contribution in [-0.4, -0.2) is 34.6 Å². The number of hydrogen-bond donors (Lipinski definition) is 0. The number of nitro benzene ring substituents is 1. The number of sulfonamides is 1. The highest BCUT2D eigenvalue weighted by Crippen LogP contribution is 2.40. The topological polar surface area (TPSA) is 99.0 Å². The van der Waals surface area contributed by atoms with Crippen LogP contribution in [0.3, 0.4) is 0 Å². The molecule has 2 aromatic rings. The van der Waals surface area contributed by atoms with Gasteiger partial charge in [-0.2, -0.15) is 0 Å². The molecule has 0 heterocycles. The zero-order valence-electron chi connectivity index (χ0n) is 14.2. The monoisotopic (exact) mass is 366 g/mol. The first-order valence-corrected chi connectivity index (χ1v) is 8.62. The van der Waals surface area contributed by atoms with Crippen molar-refractivity contribution in [2.45, 2.75) is 11.8 Å². The maximum Gasteiger partial charge on any atom is 0.297 e. The molecule has 0 aliphatic rings. The second kappa shape index (κ2) is 6.98. The number of ether oxygens (including phenoxy) is 2. The molecular formula is C16H18N2O6S. The van der Waals surface area contributed by atoms with E-state index < -0.39 is 20.6 Å². The predicted molar refractivity (Wildman–Crippen MR) is 93.0 cm³/mol. The van der Waals surface area contributed by atoms with Crippen molar-refractivity contribution < 1.29 is 22.8 Å². The summed E-state index contributed by atoms with van der Waals surface area (Å²) in [5.41, 5.74) is 0.373. The second-order valence-electron chi connectivity index (χ2n) is 5.24. The lowest BCUT2D eigenvalue weighted by molar-refractivity contribution is -0.384. The van der Waals surface area contributed by atoms with Crippen molar-refractivity contribution in [1.29, 1.82) is 0 Å². The summed E-state index contributed by atoms with van der Waals surface area (Å²) in [5.74, 6) is 0.327. The minimum atomic E-state index is -3.98. The molecule has 0 amide bonds. The van der Waals surface area contributed by atoms with Crippen molar-refractivity contribution in [2.24, 2.45) is 0 Å². The predicted octanol–water partition coefficient (Wildman–Crippen LogP) is 2.75. The van der Waals surface area contributed by atoms with Gasteiger partial charge < -0.3 is 9.47 Å². The van der Waals surface area contributed by atoms with E-state index in [9.17, 15) is 18.5 Å². The summed E-state index contributed by atoms with van der Waals surface area (Å²) in [6.07, 6.45) is 0. The zero-order chi connectivity index (χ0) is 18.8. The normalized spacial score (nSPS) is 11.0. The Bertz CT molecular complexity index is 894. The number of nitro groups is 1. The maximum absolute atomic E-state index is 12.8. The Hall–Kier alpha value is -2.81. The third-order valence-electron chi connectivity index (χ3n) is 3.70. The lowest BCUT2D eigenvalue weighted by Gasteiger charge is -2.21. The molecule has 2 aromatic carbocycles. The van der Waals surface area contributed by atoms with Crippen LogP contribution in [0.5, 0.6) is 11.5 Å². The summed E-state index contributed by atoms with van der Waals surface area (Å²) >= 11 is 0. The molecule has 0 radical (unpaired) electrons. The first-order valence-electron chi connectivity index (χ1n) is 7.18. The highest BCUT2D eigenvalue weighted by atomic mass is 32.2. The molecule has 9 heteroatoms. The van der Waals surface area contributed by atoms with Gasteiger partial charge in [-0.3, -0.25) is 14.4 Å². The van der Waals surface area contributed by atoms with E-state index >= 15 is 0 Å². The number of nitrogens with zero attached hydrogens (tertiary/aromatic N) is 2. The minimum Gasteiger partial charge on any atom is -0.493 e. The molecule has 0 aliphatic carbocycles. The lowest BCUT2D eigenvalue weighted by Crippen LogP contribution is -2.27. The molecule has 0 spiro atoms. The Kier molecular flexibility index (Phi) is 5.17. The van der Waals surface area contributed by atoms with Crippen LogP contribution in [0.2, 0.25) is 0 Å². The molecule has 2 rings (SSSR count). The first kappa shape index (κ1) is 18.5. The van der Waals surface area contributed by atoms with E-state index in [0.717, 1.165) is 15.9 Å². The molecule has 0 saturated heterocycles. The Labute approximate surface area is 145 Å². The number of benzene rings is 2. The summed E-state index contributed by atoms with van der Waals surface area (Å²) in [7, 11) is -0.0191. The third kappa shape index (κ3) is 3.50. The molecule has 0 fully saturated rings. The van der Waals surface area contributed by atoms with E-state index in [1.165, 1.54) is 39.5 Å². The van der Waals surface area contributed by atoms with Gasteiger partial charge in [0.2, 0.25) is 0 Å². The Balaban J connectivity index is 2.62. The maximum atomic E-state index is 12.8. The van der Waals surface area contributed by atoms with Crippen LogP contribution in [-0.2, 0) is 10.0 Å². The molecule has 0 N–H and O–H groups in total. The van der Waals surface area contributed by atoms with E-state index in [1.54, 1.807) is 12.1 Å². The molecule has 0 bridgehead atoms. The molecule has 0 aromatic heterocycles. The number of anilines is 1. The fraction of sp³-hybridized carbons (Fsp3) is 0.250. The number of aryl methyl sites for hydroxylation is 1. The molecule has 0 unspecified atom stereocenters. The second-order valence-corrected chi connectivity index (χ2v) is 7.21. The van der Waals surface area contributed by atoms with Gasteiger partial charge in [-0.25, -0.2) is 8.42 Å². The summed E-state index contributed by atoms with van der Waals surface area (Å²) in [6, 6.07) is 8.62. The Morgan fingerprint density at radius 1 is 1.04 bits per heavy atom. The summed E-state index contributed by atoms with van der Waals surface area (Å²) < 4.78 is 36.6. The largest absolute Gasteiger partial charge is 0.493 e. The van der Waals surface area contributed by atoms with Gasteiger partial charge in [0, 0.05) is 13.1 Å². The van der Waals surface area contributed by atoms with Crippen molar-refractivity contribution in [3.63, 3.8) is 0 Å². The smallest absolute Gasteiger partial charge is 0.297 e. The van der Waals surface area contributed by atoms with Gasteiger partial charge >= 0.3 is 0 Å². The van der Waals surface area contributed by atoms with E-state index in [4.69, 9.17) is 9.47 Å². The quantitative estimate of drug-likeness (QED) is 0.576. The van der Waals surface area contributed by atoms with Crippen LogP contribution in [0.15, 0.2) is 41.3 Å². The van der Waals surface area contributed by atoms with Crippen molar-refractivity contribution in [3.8, 4) is 11.5 Å². The van der Waals surface area contributed by atoms with Crippen molar-refractivity contribution >= 4 is 21.4 Å². The molecule has 8 nitrogen and oxygen atoms in total. The third-order valence-corrected chi connectivity index (χ3v) is 5.48. The van der Waals surface area contributed by atoms with Crippen LogP contribution < -0.4 is 13.8 Å². The summed E-state index contributed by atoms with van der Waals surface area (Å²) in [4.78, 5) is 10.8. The van der Waals surface area contributed by atoms with Gasteiger partial charge in [-0.1, -0.05) is 17.7 Å². The Morgan fingerprint density at radius 2 is 1.56 bits per heavy atom. The van der Waals surface area contributed by atoms with Crippen molar-refractivity contribution in [3.05, 3.63) is 52.1 Å². The Morgan fingerprint density at radius 3 is 2.04 bits per heavy atom. The van der Waals surface area contributed by atoms with E-state index in [1.807, 2.05) is 6.92 Å². The van der Waals surface area contributed by atoms with Crippen LogP contribution in [0.4, 0.5) is 11.4 Å². The SMILES string of the molecule is COc1cc(N(C)S(=O)(=O)c2ccc(C)cc2)c([N+](=O)[O-])cc1OC. The van der Waals surface area contributed by atoms with Crippen LogP contribution in [0, 0.1) is 17.0 Å². The summed E-state index contributed by atoms with van der Waals surface area (Å²) in [6.45, 7) is 1.83. The number of hydrogen-bond acceptors (Lipinski definition) is 6. The average Bonchev–Trinajstić information content (AvgIpc) is 2.60. The van der Waals surface area contributed by atoms with Gasteiger partial charge in [-0.05, 0) is 19.1 Å². The highest BCUT2D eigenvalue weighted by molar-refractivity contribution is 7.92. The average molecular weight is 366 g/mol. The molecular weight excluding hydrogens is 348 g/mol. The van der Waals surface area contributed by atoms with Gasteiger partial charge in [0.25, 0.3) is 15.7 Å². The first-order chi connectivity index (χ1) is 11.7.